The summed E-state index contributed by atoms with van der Waals surface area (Å²) in [6.07, 6.45) is 2.61. The van der Waals surface area contributed by atoms with E-state index in [0.29, 0.717) is 0 Å². The lowest BCUT2D eigenvalue weighted by Crippen LogP contribution is -2.17. The Bertz CT molecular complexity index is 874. The zero-order chi connectivity index (χ0) is 20.3. The SMILES string of the molecule is [2H]C([2H])([2H])N(Cc1cccc2ccccc12)C([2H])([2H])/C=C/C#CC(C)(C)C. The molecule has 0 atom stereocenters. The number of allylic oxidation sites excluding steroid dienone is 1. The van der Waals surface area contributed by atoms with Gasteiger partial charge in [0.25, 0.3) is 0 Å². The maximum absolute atomic E-state index is 8.31. The van der Waals surface area contributed by atoms with Gasteiger partial charge in [-0.15, -0.1) is 0 Å². The molecule has 0 bridgehead atoms. The average molecular weight is 296 g/mol. The smallest absolute Gasteiger partial charge is 0.0475 e. The molecule has 1 nitrogen and oxygen atoms in total. The van der Waals surface area contributed by atoms with Crippen molar-refractivity contribution in [3.05, 3.63) is 60.2 Å². The molecular formula is C21H25N. The van der Waals surface area contributed by atoms with Gasteiger partial charge in [0.2, 0.25) is 0 Å². The molecule has 2 aromatic rings. The van der Waals surface area contributed by atoms with Gasteiger partial charge in [-0.1, -0.05) is 60.4 Å². The molecule has 0 saturated carbocycles. The van der Waals surface area contributed by atoms with Crippen LogP contribution in [-0.2, 0) is 6.54 Å². The molecule has 2 rings (SSSR count). The summed E-state index contributed by atoms with van der Waals surface area (Å²) < 4.78 is 40.1. The molecule has 0 amide bonds. The van der Waals surface area contributed by atoms with E-state index in [-0.39, 0.29) is 12.0 Å². The summed E-state index contributed by atoms with van der Waals surface area (Å²) in [5.74, 6) is 5.78. The first kappa shape index (κ1) is 10.6. The standard InChI is InChI=1S/C21H25N/c1-21(2,3)15-8-5-9-16-22(4)17-19-13-10-12-18-11-6-7-14-20(18)19/h5-7,9-14H,16-17H2,1-4H3/b9-5+/i4D3,16D2. The number of nitrogens with zero attached hydrogens (tertiary/aromatic N) is 1. The third-order valence-electron chi connectivity index (χ3n) is 3.05. The van der Waals surface area contributed by atoms with Gasteiger partial charge in [-0.25, -0.2) is 0 Å². The molecule has 0 radical (unpaired) electrons. The summed E-state index contributed by atoms with van der Waals surface area (Å²) in [7, 11) is 0. The third-order valence-corrected chi connectivity index (χ3v) is 3.05. The van der Waals surface area contributed by atoms with E-state index in [1.165, 1.54) is 12.2 Å². The van der Waals surface area contributed by atoms with E-state index in [0.717, 1.165) is 21.2 Å². The predicted octanol–water partition coefficient (Wildman–Crippen LogP) is 4.88. The third kappa shape index (κ3) is 5.06. The van der Waals surface area contributed by atoms with Crippen molar-refractivity contribution < 1.29 is 6.85 Å². The number of rotatable bonds is 4. The minimum absolute atomic E-state index is 0.0398. The van der Waals surface area contributed by atoms with Gasteiger partial charge >= 0.3 is 0 Å². The van der Waals surface area contributed by atoms with Gasteiger partial charge in [0.1, 0.15) is 0 Å². The summed E-state index contributed by atoms with van der Waals surface area (Å²) in [5, 5.41) is 1.91. The normalized spacial score (nSPS) is 16.5. The fourth-order valence-corrected chi connectivity index (χ4v) is 2.07. The summed E-state index contributed by atoms with van der Waals surface area (Å²) in [4.78, 5) is 0.886. The van der Waals surface area contributed by atoms with E-state index in [1.807, 2.05) is 63.2 Å². The number of likely N-dealkylation sites (N-methyl/N-ethyl adjacent to an activating group) is 1. The quantitative estimate of drug-likeness (QED) is 0.727. The van der Waals surface area contributed by atoms with Crippen LogP contribution < -0.4 is 0 Å². The van der Waals surface area contributed by atoms with Gasteiger partial charge < -0.3 is 0 Å². The molecule has 0 aromatic heterocycles. The lowest BCUT2D eigenvalue weighted by atomic mass is 9.98. The zero-order valence-corrected chi connectivity index (χ0v) is 13.4. The molecule has 0 heterocycles. The van der Waals surface area contributed by atoms with E-state index in [2.05, 4.69) is 11.8 Å². The Kier molecular flexibility index (Phi) is 3.53. The van der Waals surface area contributed by atoms with Crippen LogP contribution in [0.4, 0.5) is 0 Å². The van der Waals surface area contributed by atoms with Gasteiger partial charge in [-0.3, -0.25) is 4.90 Å². The second kappa shape index (κ2) is 7.29. The van der Waals surface area contributed by atoms with Crippen molar-refractivity contribution in [3.63, 3.8) is 0 Å². The first-order valence-corrected chi connectivity index (χ1v) is 7.35. The number of hydrogen-bond donors (Lipinski definition) is 0. The van der Waals surface area contributed by atoms with Crippen LogP contribution in [0.15, 0.2) is 54.6 Å². The summed E-state index contributed by atoms with van der Waals surface area (Å²) >= 11 is 0. The highest BCUT2D eigenvalue weighted by Gasteiger charge is 2.03. The second-order valence-electron chi connectivity index (χ2n) is 6.21. The van der Waals surface area contributed by atoms with Crippen molar-refractivity contribution in [2.24, 2.45) is 5.41 Å². The Balaban J connectivity index is 2.37. The summed E-state index contributed by atoms with van der Waals surface area (Å²) in [6.45, 7) is 1.06. The van der Waals surface area contributed by atoms with Crippen molar-refractivity contribution >= 4 is 10.8 Å². The molecule has 114 valence electrons. The maximum Gasteiger partial charge on any atom is 0.0475 e. The molecule has 1 heteroatoms. The highest BCUT2D eigenvalue weighted by Crippen LogP contribution is 2.19. The monoisotopic (exact) mass is 296 g/mol. The van der Waals surface area contributed by atoms with Crippen LogP contribution in [0.3, 0.4) is 0 Å². The minimum Gasteiger partial charge on any atom is -0.298 e. The fourth-order valence-electron chi connectivity index (χ4n) is 2.07. The van der Waals surface area contributed by atoms with E-state index in [4.69, 9.17) is 6.85 Å². The Morgan fingerprint density at radius 2 is 1.95 bits per heavy atom. The molecule has 0 N–H and O–H groups in total. The molecular weight excluding hydrogens is 266 g/mol. The van der Waals surface area contributed by atoms with Crippen LogP contribution in [0.25, 0.3) is 10.8 Å². The van der Waals surface area contributed by atoms with Crippen LogP contribution in [0.2, 0.25) is 0 Å². The van der Waals surface area contributed by atoms with Gasteiger partial charge in [0, 0.05) is 25.3 Å². The minimum atomic E-state index is -2.59. The Morgan fingerprint density at radius 1 is 1.18 bits per heavy atom. The van der Waals surface area contributed by atoms with Crippen LogP contribution in [0.5, 0.6) is 0 Å². The van der Waals surface area contributed by atoms with Crippen LogP contribution in [0, 0.1) is 17.3 Å². The molecule has 2 aromatic carbocycles. The molecule has 0 saturated heterocycles. The van der Waals surface area contributed by atoms with Gasteiger partial charge in [-0.05, 0) is 50.2 Å². The summed E-state index contributed by atoms with van der Waals surface area (Å²) in [5.41, 5.74) is 0.561. The first-order chi connectivity index (χ1) is 12.4. The Hall–Kier alpha value is -2.04. The van der Waals surface area contributed by atoms with Crippen LogP contribution in [0.1, 0.15) is 33.2 Å². The van der Waals surface area contributed by atoms with Crippen molar-refractivity contribution in [2.45, 2.75) is 27.3 Å². The lowest BCUT2D eigenvalue weighted by Gasteiger charge is -2.15. The van der Waals surface area contributed by atoms with E-state index in [1.54, 1.807) is 0 Å². The number of fused-ring (bicyclic) bond motifs is 1. The maximum atomic E-state index is 8.31. The van der Waals surface area contributed by atoms with E-state index >= 15 is 0 Å². The highest BCUT2D eigenvalue weighted by atomic mass is 15.1. The van der Waals surface area contributed by atoms with E-state index in [9.17, 15) is 0 Å². The van der Waals surface area contributed by atoms with Crippen molar-refractivity contribution in [3.8, 4) is 11.8 Å². The van der Waals surface area contributed by atoms with E-state index < -0.39 is 13.5 Å². The largest absolute Gasteiger partial charge is 0.298 e. The average Bonchev–Trinajstić information content (AvgIpc) is 2.54. The van der Waals surface area contributed by atoms with Crippen molar-refractivity contribution in [2.75, 3.05) is 13.5 Å². The molecule has 0 fully saturated rings. The first-order valence-electron chi connectivity index (χ1n) is 9.85. The lowest BCUT2D eigenvalue weighted by molar-refractivity contribution is 0.365. The van der Waals surface area contributed by atoms with Crippen LogP contribution >= 0.6 is 0 Å². The van der Waals surface area contributed by atoms with Crippen molar-refractivity contribution in [1.29, 1.82) is 0 Å². The zero-order valence-electron chi connectivity index (χ0n) is 18.4. The van der Waals surface area contributed by atoms with Gasteiger partial charge in [-0.2, -0.15) is 0 Å². The Morgan fingerprint density at radius 3 is 2.73 bits per heavy atom. The molecule has 0 aliphatic heterocycles. The van der Waals surface area contributed by atoms with Crippen LogP contribution in [-0.4, -0.2) is 18.4 Å². The van der Waals surface area contributed by atoms with Gasteiger partial charge in [0.15, 0.2) is 0 Å². The van der Waals surface area contributed by atoms with Crippen molar-refractivity contribution in [1.82, 2.24) is 4.90 Å². The molecule has 22 heavy (non-hydrogen) atoms. The Labute approximate surface area is 141 Å². The molecule has 0 aliphatic rings. The van der Waals surface area contributed by atoms with Gasteiger partial charge in [0.05, 0.1) is 0 Å². The fraction of sp³-hybridized carbons (Fsp3) is 0.333. The number of hydrogen-bond acceptors (Lipinski definition) is 1. The second-order valence-corrected chi connectivity index (χ2v) is 6.21. The topological polar surface area (TPSA) is 3.24 Å². The molecule has 0 unspecified atom stereocenters. The number of benzene rings is 2. The predicted molar refractivity (Wildman–Crippen MR) is 96.7 cm³/mol. The molecule has 0 aliphatic carbocycles. The summed E-state index contributed by atoms with van der Waals surface area (Å²) in [6, 6.07) is 13.3. The molecule has 0 spiro atoms. The highest BCUT2D eigenvalue weighted by molar-refractivity contribution is 5.85.